The molecule has 2 unspecified atom stereocenters. The van der Waals surface area contributed by atoms with Crippen LogP contribution in [0.4, 0.5) is 0 Å². The molecule has 1 aromatic carbocycles. The van der Waals surface area contributed by atoms with Gasteiger partial charge in [-0.2, -0.15) is 0 Å². The molecular weight excluding hydrogens is 264 g/mol. The quantitative estimate of drug-likeness (QED) is 0.907. The molecule has 1 aliphatic rings. The van der Waals surface area contributed by atoms with Gasteiger partial charge in [-0.25, -0.2) is 0 Å². The summed E-state index contributed by atoms with van der Waals surface area (Å²) in [6, 6.07) is 7.88. The molecule has 0 radical (unpaired) electrons. The fourth-order valence-electron chi connectivity index (χ4n) is 2.97. The molecule has 2 atom stereocenters. The second-order valence-corrected chi connectivity index (χ2v) is 5.76. The monoisotopic (exact) mass is 290 g/mol. The molecule has 1 aliphatic heterocycles. The summed E-state index contributed by atoms with van der Waals surface area (Å²) in [6.07, 6.45) is 4.15. The van der Waals surface area contributed by atoms with E-state index in [2.05, 4.69) is 13.8 Å². The predicted octanol–water partition coefficient (Wildman–Crippen LogP) is 2.82. The number of rotatable bonds is 5. The molecule has 1 saturated heterocycles. The van der Waals surface area contributed by atoms with Crippen LogP contribution < -0.4 is 10.5 Å². The highest BCUT2D eigenvalue weighted by molar-refractivity contribution is 5.95. The van der Waals surface area contributed by atoms with E-state index >= 15 is 0 Å². The highest BCUT2D eigenvalue weighted by Crippen LogP contribution is 2.25. The maximum absolute atomic E-state index is 12.8. The van der Waals surface area contributed by atoms with Crippen LogP contribution in [0.15, 0.2) is 24.3 Å². The number of amides is 1. The molecule has 0 saturated carbocycles. The van der Waals surface area contributed by atoms with Crippen LogP contribution in [0, 0.1) is 0 Å². The van der Waals surface area contributed by atoms with E-state index in [0.29, 0.717) is 18.7 Å². The van der Waals surface area contributed by atoms with Crippen LogP contribution in [0.1, 0.15) is 49.9 Å². The van der Waals surface area contributed by atoms with E-state index in [9.17, 15) is 4.79 Å². The van der Waals surface area contributed by atoms with Crippen LogP contribution in [-0.4, -0.2) is 36.0 Å². The fraction of sp³-hybridized carbons (Fsp3) is 0.588. The third-order valence-corrected chi connectivity index (χ3v) is 4.09. The predicted molar refractivity (Wildman–Crippen MR) is 84.6 cm³/mol. The van der Waals surface area contributed by atoms with Crippen molar-refractivity contribution in [3.8, 4) is 5.75 Å². The molecule has 21 heavy (non-hydrogen) atoms. The van der Waals surface area contributed by atoms with Gasteiger partial charge in [0, 0.05) is 24.2 Å². The van der Waals surface area contributed by atoms with Gasteiger partial charge in [-0.15, -0.1) is 0 Å². The highest BCUT2D eigenvalue weighted by atomic mass is 16.5. The normalized spacial score (nSPS) is 22.1. The van der Waals surface area contributed by atoms with Gasteiger partial charge >= 0.3 is 0 Å². The van der Waals surface area contributed by atoms with Gasteiger partial charge in [0.1, 0.15) is 5.75 Å². The molecular formula is C17H26N2O2. The van der Waals surface area contributed by atoms with Gasteiger partial charge in [0.15, 0.2) is 0 Å². The molecule has 1 heterocycles. The van der Waals surface area contributed by atoms with E-state index in [-0.39, 0.29) is 18.0 Å². The number of benzene rings is 1. The molecule has 2 rings (SSSR count). The minimum atomic E-state index is 0.0691. The summed E-state index contributed by atoms with van der Waals surface area (Å²) in [5, 5.41) is 0. The third kappa shape index (κ3) is 3.76. The Hall–Kier alpha value is -1.55. The molecule has 0 aliphatic carbocycles. The first-order valence-electron chi connectivity index (χ1n) is 7.93. The maximum Gasteiger partial charge on any atom is 0.254 e. The van der Waals surface area contributed by atoms with E-state index in [0.717, 1.165) is 31.4 Å². The standard InChI is InChI=1S/C17H26N2O2/c1-3-10-21-16-9-5-7-14(11-16)17(20)19-13(2)6-4-8-15(19)12-18/h5,7,9,11,13,15H,3-4,6,8,10,12,18H2,1-2H3. The largest absolute Gasteiger partial charge is 0.494 e. The first-order chi connectivity index (χ1) is 10.2. The Morgan fingerprint density at radius 3 is 2.95 bits per heavy atom. The number of piperidine rings is 1. The molecule has 0 bridgehead atoms. The topological polar surface area (TPSA) is 55.6 Å². The van der Waals surface area contributed by atoms with Gasteiger partial charge in [-0.3, -0.25) is 4.79 Å². The number of nitrogens with two attached hydrogens (primary N) is 1. The first-order valence-corrected chi connectivity index (χ1v) is 7.93. The number of hydrogen-bond acceptors (Lipinski definition) is 3. The van der Waals surface area contributed by atoms with E-state index < -0.39 is 0 Å². The lowest BCUT2D eigenvalue weighted by molar-refractivity contribution is 0.0493. The molecule has 2 N–H and O–H groups in total. The molecule has 1 amide bonds. The van der Waals surface area contributed by atoms with E-state index in [1.165, 1.54) is 0 Å². The highest BCUT2D eigenvalue weighted by Gasteiger charge is 2.31. The Morgan fingerprint density at radius 2 is 2.24 bits per heavy atom. The third-order valence-electron chi connectivity index (χ3n) is 4.09. The van der Waals surface area contributed by atoms with Crippen LogP contribution in [0.3, 0.4) is 0 Å². The van der Waals surface area contributed by atoms with E-state index in [1.807, 2.05) is 29.2 Å². The molecule has 0 aromatic heterocycles. The van der Waals surface area contributed by atoms with Crippen molar-refractivity contribution in [1.82, 2.24) is 4.90 Å². The van der Waals surface area contributed by atoms with Crippen LogP contribution in [0.2, 0.25) is 0 Å². The van der Waals surface area contributed by atoms with Gasteiger partial charge in [0.25, 0.3) is 5.91 Å². The van der Waals surface area contributed by atoms with Crippen LogP contribution in [-0.2, 0) is 0 Å². The summed E-state index contributed by atoms with van der Waals surface area (Å²) in [5.41, 5.74) is 6.54. The van der Waals surface area contributed by atoms with Gasteiger partial charge in [0.2, 0.25) is 0 Å². The number of nitrogens with zero attached hydrogens (tertiary/aromatic N) is 1. The van der Waals surface area contributed by atoms with Crippen molar-refractivity contribution in [2.75, 3.05) is 13.2 Å². The lowest BCUT2D eigenvalue weighted by Crippen LogP contribution is -2.51. The molecule has 1 fully saturated rings. The van der Waals surface area contributed by atoms with Gasteiger partial charge in [0.05, 0.1) is 6.61 Å². The lowest BCUT2D eigenvalue weighted by Gasteiger charge is -2.40. The van der Waals surface area contributed by atoms with Gasteiger partial charge in [-0.1, -0.05) is 13.0 Å². The molecule has 116 valence electrons. The van der Waals surface area contributed by atoms with Gasteiger partial charge < -0.3 is 15.4 Å². The Morgan fingerprint density at radius 1 is 1.43 bits per heavy atom. The summed E-state index contributed by atoms with van der Waals surface area (Å²) in [5.74, 6) is 0.830. The maximum atomic E-state index is 12.8. The minimum Gasteiger partial charge on any atom is -0.494 e. The number of carbonyl (C=O) groups excluding carboxylic acids is 1. The van der Waals surface area contributed by atoms with Crippen LogP contribution in [0.25, 0.3) is 0 Å². The van der Waals surface area contributed by atoms with E-state index in [4.69, 9.17) is 10.5 Å². The van der Waals surface area contributed by atoms with Crippen molar-refractivity contribution in [3.63, 3.8) is 0 Å². The van der Waals surface area contributed by atoms with Crippen molar-refractivity contribution in [1.29, 1.82) is 0 Å². The number of likely N-dealkylation sites (tertiary alicyclic amines) is 1. The Kier molecular flexibility index (Phi) is 5.62. The zero-order chi connectivity index (χ0) is 15.2. The fourth-order valence-corrected chi connectivity index (χ4v) is 2.97. The van der Waals surface area contributed by atoms with Crippen molar-refractivity contribution in [3.05, 3.63) is 29.8 Å². The van der Waals surface area contributed by atoms with Crippen molar-refractivity contribution < 1.29 is 9.53 Å². The van der Waals surface area contributed by atoms with Gasteiger partial charge in [-0.05, 0) is 50.8 Å². The molecule has 0 spiro atoms. The molecule has 4 heteroatoms. The van der Waals surface area contributed by atoms with Crippen molar-refractivity contribution >= 4 is 5.91 Å². The summed E-state index contributed by atoms with van der Waals surface area (Å²) >= 11 is 0. The number of ether oxygens (including phenoxy) is 1. The van der Waals surface area contributed by atoms with Crippen LogP contribution >= 0.6 is 0 Å². The molecule has 1 aromatic rings. The zero-order valence-corrected chi connectivity index (χ0v) is 13.0. The Labute approximate surface area is 127 Å². The number of carbonyl (C=O) groups is 1. The summed E-state index contributed by atoms with van der Waals surface area (Å²) in [7, 11) is 0. The second-order valence-electron chi connectivity index (χ2n) is 5.76. The number of hydrogen-bond donors (Lipinski definition) is 1. The Bertz CT molecular complexity index is 476. The lowest BCUT2D eigenvalue weighted by atomic mass is 9.95. The summed E-state index contributed by atoms with van der Waals surface area (Å²) in [6.45, 7) is 5.37. The summed E-state index contributed by atoms with van der Waals surface area (Å²) < 4.78 is 5.62. The summed E-state index contributed by atoms with van der Waals surface area (Å²) in [4.78, 5) is 14.8. The SMILES string of the molecule is CCCOc1cccc(C(=O)N2C(C)CCCC2CN)c1. The first kappa shape index (κ1) is 15.8. The zero-order valence-electron chi connectivity index (χ0n) is 13.0. The smallest absolute Gasteiger partial charge is 0.254 e. The second kappa shape index (κ2) is 7.46. The van der Waals surface area contributed by atoms with Crippen molar-refractivity contribution in [2.45, 2.75) is 51.6 Å². The average molecular weight is 290 g/mol. The minimum absolute atomic E-state index is 0.0691. The average Bonchev–Trinajstić information content (AvgIpc) is 2.52. The Balaban J connectivity index is 2.17. The molecule has 4 nitrogen and oxygen atoms in total. The van der Waals surface area contributed by atoms with Crippen molar-refractivity contribution in [2.24, 2.45) is 5.73 Å². The van der Waals surface area contributed by atoms with E-state index in [1.54, 1.807) is 0 Å². The van der Waals surface area contributed by atoms with Crippen LogP contribution in [0.5, 0.6) is 5.75 Å².